The van der Waals surface area contributed by atoms with Crippen molar-refractivity contribution in [3.8, 4) is 0 Å². The minimum Gasteiger partial charge on any atom is -0.293 e. The Balaban J connectivity index is 2.92. The van der Waals surface area contributed by atoms with Crippen molar-refractivity contribution in [2.75, 3.05) is 5.75 Å². The molecule has 1 aromatic rings. The second kappa shape index (κ2) is 5.53. The lowest BCUT2D eigenvalue weighted by atomic mass is 10.1. The van der Waals surface area contributed by atoms with E-state index in [0.29, 0.717) is 5.56 Å². The molecule has 102 valence electrons. The molecule has 0 fully saturated rings. The summed E-state index contributed by atoms with van der Waals surface area (Å²) in [5.74, 6) is -0.652. The van der Waals surface area contributed by atoms with Gasteiger partial charge in [0.05, 0.1) is 5.25 Å². The average molecular weight is 288 g/mol. The Kier molecular flexibility index (Phi) is 4.72. The molecule has 0 N–H and O–H groups in total. The summed E-state index contributed by atoms with van der Waals surface area (Å²) in [6, 6.07) is 1.78. The van der Waals surface area contributed by atoms with Gasteiger partial charge in [0.2, 0.25) is 0 Å². The molecule has 0 bridgehead atoms. The number of hydrogen-bond donors (Lipinski definition) is 0. The summed E-state index contributed by atoms with van der Waals surface area (Å²) in [7, 11) is -3.36. The van der Waals surface area contributed by atoms with Crippen LogP contribution in [0.2, 0.25) is 0 Å². The molecule has 0 saturated heterocycles. The third-order valence-corrected chi connectivity index (χ3v) is 6.49. The second-order valence-electron chi connectivity index (χ2n) is 5.01. The van der Waals surface area contributed by atoms with Gasteiger partial charge in [-0.1, -0.05) is 13.8 Å². The lowest BCUT2D eigenvalue weighted by Gasteiger charge is -2.15. The van der Waals surface area contributed by atoms with Gasteiger partial charge in [-0.2, -0.15) is 0 Å². The van der Waals surface area contributed by atoms with E-state index in [1.165, 1.54) is 11.3 Å². The molecule has 3 nitrogen and oxygen atoms in total. The highest BCUT2D eigenvalue weighted by Crippen LogP contribution is 2.22. The predicted octanol–water partition coefficient (Wildman–Crippen LogP) is 3.01. The molecule has 18 heavy (non-hydrogen) atoms. The van der Waals surface area contributed by atoms with E-state index in [-0.39, 0.29) is 17.5 Å². The number of thiophene rings is 1. The maximum absolute atomic E-state index is 12.1. The van der Waals surface area contributed by atoms with Gasteiger partial charge in [0.1, 0.15) is 5.75 Å². The number of rotatable bonds is 5. The molecule has 5 heteroatoms. The van der Waals surface area contributed by atoms with Crippen molar-refractivity contribution >= 4 is 27.0 Å². The van der Waals surface area contributed by atoms with Crippen molar-refractivity contribution in [2.24, 2.45) is 5.92 Å². The van der Waals surface area contributed by atoms with Gasteiger partial charge in [-0.25, -0.2) is 8.42 Å². The number of sulfone groups is 1. The van der Waals surface area contributed by atoms with E-state index in [4.69, 9.17) is 0 Å². The van der Waals surface area contributed by atoms with Crippen molar-refractivity contribution in [3.63, 3.8) is 0 Å². The topological polar surface area (TPSA) is 51.2 Å². The molecule has 0 amide bonds. The summed E-state index contributed by atoms with van der Waals surface area (Å²) in [5.41, 5.74) is 0.553. The van der Waals surface area contributed by atoms with Crippen LogP contribution in [0.25, 0.3) is 0 Å². The van der Waals surface area contributed by atoms with Crippen LogP contribution in [0.15, 0.2) is 6.07 Å². The molecule has 0 aliphatic carbocycles. The van der Waals surface area contributed by atoms with Crippen molar-refractivity contribution < 1.29 is 13.2 Å². The van der Waals surface area contributed by atoms with Gasteiger partial charge in [0, 0.05) is 15.3 Å². The van der Waals surface area contributed by atoms with E-state index >= 15 is 0 Å². The smallest absolute Gasteiger partial charge is 0.178 e. The highest BCUT2D eigenvalue weighted by atomic mass is 32.2. The van der Waals surface area contributed by atoms with Crippen LogP contribution in [-0.2, 0) is 9.84 Å². The van der Waals surface area contributed by atoms with Gasteiger partial charge in [-0.15, -0.1) is 11.3 Å². The highest BCUT2D eigenvalue weighted by Gasteiger charge is 2.28. The zero-order chi connectivity index (χ0) is 14.1. The first-order chi connectivity index (χ1) is 8.15. The van der Waals surface area contributed by atoms with Gasteiger partial charge < -0.3 is 0 Å². The zero-order valence-corrected chi connectivity index (χ0v) is 13.1. The van der Waals surface area contributed by atoms with Gasteiger partial charge in [-0.05, 0) is 32.8 Å². The molecular formula is C13H20O3S2. The van der Waals surface area contributed by atoms with E-state index in [2.05, 4.69) is 0 Å². The predicted molar refractivity (Wildman–Crippen MR) is 76.2 cm³/mol. The molecule has 1 rings (SSSR count). The van der Waals surface area contributed by atoms with E-state index in [1.54, 1.807) is 13.0 Å². The first kappa shape index (κ1) is 15.4. The monoisotopic (exact) mass is 288 g/mol. The number of carbonyl (C=O) groups is 1. The van der Waals surface area contributed by atoms with Crippen molar-refractivity contribution in [3.05, 3.63) is 21.4 Å². The molecule has 0 spiro atoms. The third-order valence-electron chi connectivity index (χ3n) is 3.18. The van der Waals surface area contributed by atoms with Crippen LogP contribution in [-0.4, -0.2) is 25.2 Å². The molecule has 1 aromatic heterocycles. The normalized spacial score (nSPS) is 13.9. The SMILES string of the molecule is Cc1cc(C(=O)CS(=O)(=O)C(C)C(C)C)c(C)s1. The second-order valence-corrected chi connectivity index (χ2v) is 8.82. The Morgan fingerprint density at radius 2 is 1.83 bits per heavy atom. The third kappa shape index (κ3) is 3.42. The molecule has 1 heterocycles. The summed E-state index contributed by atoms with van der Waals surface area (Å²) in [5, 5.41) is -0.485. The number of aryl methyl sites for hydroxylation is 2. The lowest BCUT2D eigenvalue weighted by Crippen LogP contribution is -2.29. The fraction of sp³-hybridized carbons (Fsp3) is 0.615. The fourth-order valence-corrected chi connectivity index (χ4v) is 4.27. The molecular weight excluding hydrogens is 268 g/mol. The Bertz CT molecular complexity index is 539. The van der Waals surface area contributed by atoms with E-state index in [0.717, 1.165) is 9.75 Å². The highest BCUT2D eigenvalue weighted by molar-refractivity contribution is 7.92. The minimum atomic E-state index is -3.36. The Labute approximate surface area is 113 Å². The van der Waals surface area contributed by atoms with Crippen LogP contribution in [0, 0.1) is 19.8 Å². The molecule has 0 radical (unpaired) electrons. The molecule has 1 atom stereocenters. The van der Waals surface area contributed by atoms with Crippen LogP contribution in [0.1, 0.15) is 40.9 Å². The van der Waals surface area contributed by atoms with Crippen LogP contribution in [0.4, 0.5) is 0 Å². The van der Waals surface area contributed by atoms with E-state index in [1.807, 2.05) is 27.7 Å². The number of hydrogen-bond acceptors (Lipinski definition) is 4. The Morgan fingerprint density at radius 1 is 1.28 bits per heavy atom. The first-order valence-electron chi connectivity index (χ1n) is 5.97. The molecule has 0 saturated carbocycles. The average Bonchev–Trinajstić information content (AvgIpc) is 2.55. The van der Waals surface area contributed by atoms with E-state index in [9.17, 15) is 13.2 Å². The molecule has 0 aromatic carbocycles. The summed E-state index contributed by atoms with van der Waals surface area (Å²) >= 11 is 1.52. The van der Waals surface area contributed by atoms with Crippen LogP contribution < -0.4 is 0 Å². The maximum atomic E-state index is 12.1. The van der Waals surface area contributed by atoms with Crippen molar-refractivity contribution in [2.45, 2.75) is 39.9 Å². The van der Waals surface area contributed by atoms with Crippen molar-refractivity contribution in [1.29, 1.82) is 0 Å². The molecule has 0 aliphatic heterocycles. The Hall–Kier alpha value is -0.680. The van der Waals surface area contributed by atoms with Gasteiger partial charge in [0.15, 0.2) is 15.6 Å². The summed E-state index contributed by atoms with van der Waals surface area (Å²) in [6.45, 7) is 9.14. The number of Topliss-reactive ketones (excluding diaryl/α,β-unsaturated/α-hetero) is 1. The van der Waals surface area contributed by atoms with Gasteiger partial charge in [-0.3, -0.25) is 4.79 Å². The lowest BCUT2D eigenvalue weighted by molar-refractivity contribution is 0.102. The van der Waals surface area contributed by atoms with Crippen LogP contribution in [0.3, 0.4) is 0 Å². The molecule has 1 unspecified atom stereocenters. The maximum Gasteiger partial charge on any atom is 0.178 e. The van der Waals surface area contributed by atoms with Crippen LogP contribution in [0.5, 0.6) is 0 Å². The van der Waals surface area contributed by atoms with Crippen molar-refractivity contribution in [1.82, 2.24) is 0 Å². The fourth-order valence-electron chi connectivity index (χ4n) is 1.71. The number of ketones is 1. The standard InChI is InChI=1S/C13H20O3S2/c1-8(2)11(5)18(15,16)7-13(14)12-6-9(3)17-10(12)4/h6,8,11H,7H2,1-5H3. The summed E-state index contributed by atoms with van der Waals surface area (Å²) in [6.07, 6.45) is 0. The van der Waals surface area contributed by atoms with Crippen LogP contribution >= 0.6 is 11.3 Å². The Morgan fingerprint density at radius 3 is 2.22 bits per heavy atom. The van der Waals surface area contributed by atoms with Gasteiger partial charge in [0.25, 0.3) is 0 Å². The largest absolute Gasteiger partial charge is 0.293 e. The zero-order valence-electron chi connectivity index (χ0n) is 11.5. The minimum absolute atomic E-state index is 0.0214. The van der Waals surface area contributed by atoms with E-state index < -0.39 is 15.1 Å². The van der Waals surface area contributed by atoms with Gasteiger partial charge >= 0.3 is 0 Å². The summed E-state index contributed by atoms with van der Waals surface area (Å²) < 4.78 is 24.1. The number of carbonyl (C=O) groups excluding carboxylic acids is 1. The first-order valence-corrected chi connectivity index (χ1v) is 8.50. The summed E-state index contributed by atoms with van der Waals surface area (Å²) in [4.78, 5) is 14.0. The quantitative estimate of drug-likeness (QED) is 0.783. The molecule has 0 aliphatic rings.